The van der Waals surface area contributed by atoms with E-state index in [0.29, 0.717) is 10.8 Å². The Balaban J connectivity index is 2.01. The molecule has 0 saturated heterocycles. The molecule has 1 N–H and O–H groups in total. The number of sulfonamides is 1. The van der Waals surface area contributed by atoms with Crippen LogP contribution in [0.3, 0.4) is 0 Å². The maximum absolute atomic E-state index is 12.4. The summed E-state index contributed by atoms with van der Waals surface area (Å²) < 4.78 is 33.1. The van der Waals surface area contributed by atoms with Crippen LogP contribution in [0.25, 0.3) is 10.2 Å². The predicted octanol–water partition coefficient (Wildman–Crippen LogP) is 3.01. The van der Waals surface area contributed by atoms with Gasteiger partial charge in [-0.3, -0.25) is 4.72 Å². The second-order valence-electron chi connectivity index (χ2n) is 4.75. The summed E-state index contributed by atoms with van der Waals surface area (Å²) in [6.07, 6.45) is 0. The average molecular weight is 323 g/mol. The van der Waals surface area contributed by atoms with E-state index in [1.54, 1.807) is 13.8 Å². The first-order valence-electron chi connectivity index (χ1n) is 6.20. The van der Waals surface area contributed by atoms with Crippen LogP contribution in [0.4, 0.5) is 5.13 Å². The largest absolute Gasteiger partial charge is 0.360 e. The maximum atomic E-state index is 12.4. The van der Waals surface area contributed by atoms with Crippen LogP contribution in [-0.4, -0.2) is 18.6 Å². The number of fused-ring (bicyclic) bond motifs is 1. The molecule has 2 heterocycles. The summed E-state index contributed by atoms with van der Waals surface area (Å²) in [5, 5.41) is 4.00. The minimum absolute atomic E-state index is 0.0675. The zero-order valence-electron chi connectivity index (χ0n) is 11.7. The summed E-state index contributed by atoms with van der Waals surface area (Å²) in [6, 6.07) is 5.78. The van der Waals surface area contributed by atoms with Crippen LogP contribution in [-0.2, 0) is 10.0 Å². The quantitative estimate of drug-likeness (QED) is 0.801. The standard InChI is InChI=1S/C13H13N3O3S2/c1-7-4-5-10-11(6-7)20-13(14-10)16-21(17,18)12-8(2)15-19-9(12)3/h4-6H,1-3H3,(H,14,16). The van der Waals surface area contributed by atoms with Crippen molar-refractivity contribution in [2.45, 2.75) is 25.7 Å². The molecule has 0 fully saturated rings. The molecule has 6 nitrogen and oxygen atoms in total. The monoisotopic (exact) mass is 323 g/mol. The molecule has 0 saturated carbocycles. The molecule has 3 aromatic rings. The van der Waals surface area contributed by atoms with E-state index >= 15 is 0 Å². The normalized spacial score (nSPS) is 12.0. The number of rotatable bonds is 3. The third-order valence-corrected chi connectivity index (χ3v) is 5.65. The van der Waals surface area contributed by atoms with Crippen molar-refractivity contribution in [1.29, 1.82) is 0 Å². The fourth-order valence-electron chi connectivity index (χ4n) is 2.10. The van der Waals surface area contributed by atoms with E-state index in [4.69, 9.17) is 4.52 Å². The third kappa shape index (κ3) is 2.52. The minimum atomic E-state index is -3.75. The number of anilines is 1. The lowest BCUT2D eigenvalue weighted by molar-refractivity contribution is 0.390. The molecular weight excluding hydrogens is 310 g/mol. The van der Waals surface area contributed by atoms with Gasteiger partial charge in [-0.15, -0.1) is 0 Å². The topological polar surface area (TPSA) is 85.1 Å². The van der Waals surface area contributed by atoms with E-state index in [0.717, 1.165) is 15.8 Å². The highest BCUT2D eigenvalue weighted by Crippen LogP contribution is 2.29. The van der Waals surface area contributed by atoms with Gasteiger partial charge in [-0.2, -0.15) is 0 Å². The van der Waals surface area contributed by atoms with Gasteiger partial charge in [0.25, 0.3) is 10.0 Å². The van der Waals surface area contributed by atoms with Crippen LogP contribution >= 0.6 is 11.3 Å². The maximum Gasteiger partial charge on any atom is 0.269 e. The van der Waals surface area contributed by atoms with Gasteiger partial charge in [0.2, 0.25) is 0 Å². The highest BCUT2D eigenvalue weighted by Gasteiger charge is 2.25. The van der Waals surface area contributed by atoms with E-state index in [9.17, 15) is 8.42 Å². The van der Waals surface area contributed by atoms with Gasteiger partial charge in [-0.1, -0.05) is 22.6 Å². The van der Waals surface area contributed by atoms with Crippen molar-refractivity contribution in [1.82, 2.24) is 10.1 Å². The molecule has 0 radical (unpaired) electrons. The first kappa shape index (κ1) is 14.0. The van der Waals surface area contributed by atoms with Crippen molar-refractivity contribution >= 4 is 36.7 Å². The Labute approximate surface area is 125 Å². The zero-order valence-corrected chi connectivity index (χ0v) is 13.3. The number of aromatic nitrogens is 2. The number of benzene rings is 1. The van der Waals surface area contributed by atoms with Crippen molar-refractivity contribution in [3.8, 4) is 0 Å². The highest BCUT2D eigenvalue weighted by atomic mass is 32.2. The Morgan fingerprint density at radius 2 is 2.00 bits per heavy atom. The Bertz CT molecular complexity index is 906. The molecule has 0 bridgehead atoms. The van der Waals surface area contributed by atoms with E-state index in [1.807, 2.05) is 25.1 Å². The second kappa shape index (κ2) is 4.81. The lowest BCUT2D eigenvalue weighted by Gasteiger charge is -2.03. The first-order chi connectivity index (χ1) is 9.87. The number of thiazole rings is 1. The highest BCUT2D eigenvalue weighted by molar-refractivity contribution is 7.93. The first-order valence-corrected chi connectivity index (χ1v) is 8.50. The van der Waals surface area contributed by atoms with Gasteiger partial charge in [0.1, 0.15) is 5.69 Å². The number of nitrogens with zero attached hydrogens (tertiary/aromatic N) is 2. The van der Waals surface area contributed by atoms with E-state index in [2.05, 4.69) is 14.9 Å². The Hall–Kier alpha value is -1.93. The van der Waals surface area contributed by atoms with Gasteiger partial charge >= 0.3 is 0 Å². The lowest BCUT2D eigenvalue weighted by atomic mass is 10.2. The van der Waals surface area contributed by atoms with Crippen LogP contribution in [0.15, 0.2) is 27.6 Å². The average Bonchev–Trinajstić information content (AvgIpc) is 2.91. The molecule has 2 aromatic heterocycles. The molecule has 0 aliphatic carbocycles. The molecule has 110 valence electrons. The molecular formula is C13H13N3O3S2. The molecule has 0 aliphatic rings. The lowest BCUT2D eigenvalue weighted by Crippen LogP contribution is -2.14. The van der Waals surface area contributed by atoms with Gasteiger partial charge in [0, 0.05) is 0 Å². The molecule has 0 atom stereocenters. The summed E-state index contributed by atoms with van der Waals surface area (Å²) in [5.41, 5.74) is 2.20. The van der Waals surface area contributed by atoms with Crippen molar-refractivity contribution in [2.24, 2.45) is 0 Å². The Morgan fingerprint density at radius 1 is 1.24 bits per heavy atom. The van der Waals surface area contributed by atoms with Gasteiger partial charge < -0.3 is 4.52 Å². The zero-order chi connectivity index (χ0) is 15.2. The number of hydrogen-bond donors (Lipinski definition) is 1. The summed E-state index contributed by atoms with van der Waals surface area (Å²) in [5.74, 6) is 0.261. The Kier molecular flexibility index (Phi) is 3.22. The molecule has 1 aromatic carbocycles. The van der Waals surface area contributed by atoms with Crippen LogP contribution in [0.5, 0.6) is 0 Å². The predicted molar refractivity (Wildman–Crippen MR) is 81.1 cm³/mol. The van der Waals surface area contributed by atoms with Crippen LogP contribution in [0, 0.1) is 20.8 Å². The number of aryl methyl sites for hydroxylation is 3. The summed E-state index contributed by atoms with van der Waals surface area (Å²) in [6.45, 7) is 5.13. The molecule has 0 aliphatic heterocycles. The fraction of sp³-hybridized carbons (Fsp3) is 0.231. The van der Waals surface area contributed by atoms with Crippen molar-refractivity contribution in [3.63, 3.8) is 0 Å². The van der Waals surface area contributed by atoms with Crippen LogP contribution in [0.1, 0.15) is 17.0 Å². The molecule has 3 rings (SSSR count). The molecule has 0 spiro atoms. The summed E-state index contributed by atoms with van der Waals surface area (Å²) in [7, 11) is -3.75. The molecule has 0 unspecified atom stereocenters. The van der Waals surface area contributed by atoms with E-state index in [1.165, 1.54) is 11.3 Å². The van der Waals surface area contributed by atoms with Crippen LogP contribution < -0.4 is 4.72 Å². The smallest absolute Gasteiger partial charge is 0.269 e. The Morgan fingerprint density at radius 3 is 2.67 bits per heavy atom. The van der Waals surface area contributed by atoms with E-state index < -0.39 is 10.0 Å². The van der Waals surface area contributed by atoms with Crippen molar-refractivity contribution in [2.75, 3.05) is 4.72 Å². The molecule has 21 heavy (non-hydrogen) atoms. The summed E-state index contributed by atoms with van der Waals surface area (Å²) in [4.78, 5) is 4.35. The SMILES string of the molecule is Cc1ccc2nc(NS(=O)(=O)c3c(C)noc3C)sc2c1. The van der Waals surface area contributed by atoms with Crippen molar-refractivity contribution in [3.05, 3.63) is 35.2 Å². The molecule has 0 amide bonds. The minimum Gasteiger partial charge on any atom is -0.360 e. The van der Waals surface area contributed by atoms with Gasteiger partial charge in [0.05, 0.1) is 10.2 Å². The summed E-state index contributed by atoms with van der Waals surface area (Å²) >= 11 is 1.29. The van der Waals surface area contributed by atoms with Crippen molar-refractivity contribution < 1.29 is 12.9 Å². The fourth-order valence-corrected chi connectivity index (χ4v) is 4.63. The number of hydrogen-bond acceptors (Lipinski definition) is 6. The second-order valence-corrected chi connectivity index (χ2v) is 7.40. The van der Waals surface area contributed by atoms with Gasteiger partial charge in [0.15, 0.2) is 15.8 Å². The molecule has 8 heteroatoms. The van der Waals surface area contributed by atoms with Crippen LogP contribution in [0.2, 0.25) is 0 Å². The van der Waals surface area contributed by atoms with Gasteiger partial charge in [-0.05, 0) is 38.5 Å². The number of nitrogens with one attached hydrogen (secondary N) is 1. The third-order valence-electron chi connectivity index (χ3n) is 3.00. The van der Waals surface area contributed by atoms with E-state index in [-0.39, 0.29) is 10.7 Å². The van der Waals surface area contributed by atoms with Gasteiger partial charge in [-0.25, -0.2) is 13.4 Å².